The van der Waals surface area contributed by atoms with Crippen LogP contribution in [0.3, 0.4) is 0 Å². The van der Waals surface area contributed by atoms with Crippen molar-refractivity contribution in [2.24, 2.45) is 0 Å². The normalized spacial score (nSPS) is 16.3. The van der Waals surface area contributed by atoms with Gasteiger partial charge in [-0.2, -0.15) is 0 Å². The third-order valence-electron chi connectivity index (χ3n) is 5.14. The molecule has 0 aromatic heterocycles. The Bertz CT molecular complexity index is 899. The van der Waals surface area contributed by atoms with E-state index in [1.54, 1.807) is 25.3 Å². The van der Waals surface area contributed by atoms with Crippen molar-refractivity contribution < 1.29 is 22.6 Å². The Kier molecular flexibility index (Phi) is 8.24. The average Bonchev–Trinajstić information content (AvgIpc) is 2.76. The van der Waals surface area contributed by atoms with Gasteiger partial charge < -0.3 is 14.2 Å². The predicted molar refractivity (Wildman–Crippen MR) is 115 cm³/mol. The average molecular weight is 435 g/mol. The monoisotopic (exact) mass is 434 g/mol. The fourth-order valence-electron chi connectivity index (χ4n) is 3.48. The summed E-state index contributed by atoms with van der Waals surface area (Å²) >= 11 is 0. The molecule has 0 radical (unpaired) electrons. The second-order valence-corrected chi connectivity index (χ2v) is 8.96. The van der Waals surface area contributed by atoms with Crippen molar-refractivity contribution in [2.75, 3.05) is 53.2 Å². The number of hydrogen-bond acceptors (Lipinski definition) is 6. The molecule has 2 aromatic carbocycles. The number of nitrogens with zero attached hydrogens (tertiary/aromatic N) is 1. The molecule has 1 N–H and O–H groups in total. The summed E-state index contributed by atoms with van der Waals surface area (Å²) in [6.07, 6.45) is 0. The maximum atomic E-state index is 13.0. The Labute approximate surface area is 179 Å². The number of methoxy groups -OCH3 is 1. The van der Waals surface area contributed by atoms with Gasteiger partial charge in [-0.15, -0.1) is 0 Å². The van der Waals surface area contributed by atoms with Crippen molar-refractivity contribution in [3.8, 4) is 5.75 Å². The zero-order valence-electron chi connectivity index (χ0n) is 17.5. The van der Waals surface area contributed by atoms with E-state index in [1.165, 1.54) is 0 Å². The minimum absolute atomic E-state index is 0.0531. The topological polar surface area (TPSA) is 77.1 Å². The molecule has 1 unspecified atom stereocenters. The molecule has 1 fully saturated rings. The summed E-state index contributed by atoms with van der Waals surface area (Å²) in [4.78, 5) is 2.49. The molecule has 0 aliphatic carbocycles. The minimum atomic E-state index is -3.65. The second kappa shape index (κ2) is 10.9. The van der Waals surface area contributed by atoms with Crippen LogP contribution in [0.2, 0.25) is 0 Å². The lowest BCUT2D eigenvalue weighted by molar-refractivity contribution is 0.0172. The Morgan fingerprint density at radius 2 is 1.83 bits per heavy atom. The van der Waals surface area contributed by atoms with Crippen molar-refractivity contribution in [1.29, 1.82) is 0 Å². The van der Waals surface area contributed by atoms with E-state index in [0.29, 0.717) is 32.2 Å². The first-order valence-electron chi connectivity index (χ1n) is 10.1. The van der Waals surface area contributed by atoms with Crippen molar-refractivity contribution in [3.63, 3.8) is 0 Å². The fraction of sp³-hybridized carbons (Fsp3) is 0.455. The van der Waals surface area contributed by atoms with Gasteiger partial charge in [0.25, 0.3) is 0 Å². The third kappa shape index (κ3) is 6.02. The summed E-state index contributed by atoms with van der Waals surface area (Å²) in [5, 5.41) is 0. The first-order chi connectivity index (χ1) is 14.5. The number of hydrogen-bond donors (Lipinski definition) is 1. The fourth-order valence-corrected chi connectivity index (χ4v) is 4.60. The summed E-state index contributed by atoms with van der Waals surface area (Å²) in [6, 6.07) is 14.8. The van der Waals surface area contributed by atoms with Crippen LogP contribution < -0.4 is 9.46 Å². The van der Waals surface area contributed by atoms with Gasteiger partial charge in [0.2, 0.25) is 10.0 Å². The molecule has 164 valence electrons. The Balaban J connectivity index is 1.72. The SMILES string of the molecule is COCCOc1ccc(S(=O)(=O)NCC(c2ccccc2)N2CCOCC2)cc1C. The van der Waals surface area contributed by atoms with Gasteiger partial charge in [0, 0.05) is 32.8 Å². The highest BCUT2D eigenvalue weighted by Gasteiger charge is 2.25. The summed E-state index contributed by atoms with van der Waals surface area (Å²) in [7, 11) is -2.05. The van der Waals surface area contributed by atoms with E-state index >= 15 is 0 Å². The minimum Gasteiger partial charge on any atom is -0.491 e. The summed E-state index contributed by atoms with van der Waals surface area (Å²) < 4.78 is 44.8. The van der Waals surface area contributed by atoms with Gasteiger partial charge in [-0.3, -0.25) is 4.90 Å². The highest BCUT2D eigenvalue weighted by Crippen LogP contribution is 2.24. The molecule has 7 nitrogen and oxygen atoms in total. The van der Waals surface area contributed by atoms with E-state index < -0.39 is 10.0 Å². The number of sulfonamides is 1. The van der Waals surface area contributed by atoms with Crippen molar-refractivity contribution >= 4 is 10.0 Å². The van der Waals surface area contributed by atoms with Crippen molar-refractivity contribution in [3.05, 3.63) is 59.7 Å². The van der Waals surface area contributed by atoms with E-state index in [9.17, 15) is 8.42 Å². The zero-order chi connectivity index (χ0) is 21.4. The van der Waals surface area contributed by atoms with Crippen LogP contribution in [0.5, 0.6) is 5.75 Å². The lowest BCUT2D eigenvalue weighted by Gasteiger charge is -2.34. The lowest BCUT2D eigenvalue weighted by atomic mass is 10.1. The van der Waals surface area contributed by atoms with Crippen LogP contribution in [-0.2, 0) is 19.5 Å². The lowest BCUT2D eigenvalue weighted by Crippen LogP contribution is -2.43. The number of ether oxygens (including phenoxy) is 3. The maximum Gasteiger partial charge on any atom is 0.240 e. The number of nitrogens with one attached hydrogen (secondary N) is 1. The number of aryl methyl sites for hydroxylation is 1. The van der Waals surface area contributed by atoms with Crippen LogP contribution in [0.25, 0.3) is 0 Å². The molecular formula is C22H30N2O5S. The molecule has 1 heterocycles. The maximum absolute atomic E-state index is 13.0. The Hall–Kier alpha value is -1.97. The molecule has 30 heavy (non-hydrogen) atoms. The van der Waals surface area contributed by atoms with Crippen LogP contribution in [0.1, 0.15) is 17.2 Å². The molecule has 2 aromatic rings. The van der Waals surface area contributed by atoms with Gasteiger partial charge in [-0.1, -0.05) is 30.3 Å². The summed E-state index contributed by atoms with van der Waals surface area (Å²) in [5.74, 6) is 0.654. The molecule has 0 spiro atoms. The summed E-state index contributed by atoms with van der Waals surface area (Å²) in [5.41, 5.74) is 1.85. The Morgan fingerprint density at radius 1 is 1.10 bits per heavy atom. The molecule has 0 amide bonds. The van der Waals surface area contributed by atoms with Gasteiger partial charge in [-0.25, -0.2) is 13.1 Å². The molecule has 3 rings (SSSR count). The third-order valence-corrected chi connectivity index (χ3v) is 6.56. The van der Waals surface area contributed by atoms with E-state index in [1.807, 2.05) is 37.3 Å². The molecule has 1 aliphatic heterocycles. The summed E-state index contributed by atoms with van der Waals surface area (Å²) in [6.45, 7) is 5.87. The van der Waals surface area contributed by atoms with Gasteiger partial charge >= 0.3 is 0 Å². The van der Waals surface area contributed by atoms with E-state index in [-0.39, 0.29) is 17.5 Å². The molecular weight excluding hydrogens is 404 g/mol. The largest absolute Gasteiger partial charge is 0.491 e. The van der Waals surface area contributed by atoms with Crippen LogP contribution in [0, 0.1) is 6.92 Å². The molecule has 1 aliphatic rings. The number of benzene rings is 2. The van der Waals surface area contributed by atoms with E-state index in [0.717, 1.165) is 24.2 Å². The molecule has 8 heteroatoms. The van der Waals surface area contributed by atoms with Crippen molar-refractivity contribution in [2.45, 2.75) is 17.9 Å². The molecule has 1 saturated heterocycles. The zero-order valence-corrected chi connectivity index (χ0v) is 18.4. The van der Waals surface area contributed by atoms with Crippen molar-refractivity contribution in [1.82, 2.24) is 9.62 Å². The molecule has 0 bridgehead atoms. The second-order valence-electron chi connectivity index (χ2n) is 7.20. The van der Waals surface area contributed by atoms with Gasteiger partial charge in [0.15, 0.2) is 0 Å². The van der Waals surface area contributed by atoms with Gasteiger partial charge in [-0.05, 0) is 36.2 Å². The number of morpholine rings is 1. The molecule has 1 atom stereocenters. The van der Waals surface area contributed by atoms with Gasteiger partial charge in [0.1, 0.15) is 12.4 Å². The smallest absolute Gasteiger partial charge is 0.240 e. The standard InChI is InChI=1S/C22H30N2O5S/c1-18-16-20(8-9-22(18)29-15-14-27-2)30(25,26)23-17-21(19-6-4-3-5-7-19)24-10-12-28-13-11-24/h3-9,16,21,23H,10-15,17H2,1-2H3. The molecule has 0 saturated carbocycles. The highest BCUT2D eigenvalue weighted by atomic mass is 32.2. The number of rotatable bonds is 10. The first-order valence-corrected chi connectivity index (χ1v) is 11.6. The van der Waals surface area contributed by atoms with Crippen LogP contribution >= 0.6 is 0 Å². The van der Waals surface area contributed by atoms with Crippen LogP contribution in [-0.4, -0.2) is 66.5 Å². The van der Waals surface area contributed by atoms with Crippen LogP contribution in [0.15, 0.2) is 53.4 Å². The van der Waals surface area contributed by atoms with E-state index in [2.05, 4.69) is 9.62 Å². The van der Waals surface area contributed by atoms with E-state index in [4.69, 9.17) is 14.2 Å². The predicted octanol–water partition coefficient (Wildman–Crippen LogP) is 2.37. The van der Waals surface area contributed by atoms with Crippen LogP contribution in [0.4, 0.5) is 0 Å². The highest BCUT2D eigenvalue weighted by molar-refractivity contribution is 7.89. The van der Waals surface area contributed by atoms with Gasteiger partial charge in [0.05, 0.1) is 24.7 Å². The Morgan fingerprint density at radius 3 is 2.50 bits per heavy atom. The first kappa shape index (κ1) is 22.7. The quantitative estimate of drug-likeness (QED) is 0.579.